The van der Waals surface area contributed by atoms with Crippen molar-refractivity contribution in [2.75, 3.05) is 24.5 Å². The topological polar surface area (TPSA) is 15.3 Å². The molecule has 0 bridgehead atoms. The van der Waals surface area contributed by atoms with Gasteiger partial charge in [0.1, 0.15) is 0 Å². The van der Waals surface area contributed by atoms with Crippen molar-refractivity contribution < 1.29 is 13.2 Å². The van der Waals surface area contributed by atoms with Gasteiger partial charge in [-0.25, -0.2) is 0 Å². The predicted octanol–water partition coefficient (Wildman–Crippen LogP) is 3.71. The highest BCUT2D eigenvalue weighted by Gasteiger charge is 2.31. The van der Waals surface area contributed by atoms with Gasteiger partial charge in [-0.3, -0.25) is 0 Å². The summed E-state index contributed by atoms with van der Waals surface area (Å²) in [5, 5.41) is 3.25. The smallest absolute Gasteiger partial charge is 0.370 e. The van der Waals surface area contributed by atoms with E-state index in [1.165, 1.54) is 0 Å². The van der Waals surface area contributed by atoms with Crippen LogP contribution in [0.5, 0.6) is 0 Å². The molecule has 1 aromatic carbocycles. The molecule has 0 aliphatic carbocycles. The molecule has 20 heavy (non-hydrogen) atoms. The molecular formula is C14H18ClF3N2. The molecule has 2 nitrogen and oxygen atoms in total. The van der Waals surface area contributed by atoms with E-state index in [2.05, 4.69) is 17.1 Å². The molecule has 1 saturated heterocycles. The molecule has 0 amide bonds. The second-order valence-corrected chi connectivity index (χ2v) is 5.86. The van der Waals surface area contributed by atoms with Gasteiger partial charge in [-0.1, -0.05) is 24.6 Å². The van der Waals surface area contributed by atoms with E-state index < -0.39 is 12.7 Å². The van der Waals surface area contributed by atoms with Gasteiger partial charge in [0.15, 0.2) is 0 Å². The lowest BCUT2D eigenvalue weighted by molar-refractivity contribution is -0.126. The number of anilines is 1. The summed E-state index contributed by atoms with van der Waals surface area (Å²) in [5.41, 5.74) is 0.961. The van der Waals surface area contributed by atoms with Crippen molar-refractivity contribution >= 4 is 17.3 Å². The Kier molecular flexibility index (Phi) is 4.81. The molecule has 1 fully saturated rings. The average Bonchev–Trinajstić information content (AvgIpc) is 2.35. The molecule has 1 aromatic rings. The fourth-order valence-corrected chi connectivity index (χ4v) is 2.83. The first-order valence-electron chi connectivity index (χ1n) is 6.64. The minimum absolute atomic E-state index is 0.153. The summed E-state index contributed by atoms with van der Waals surface area (Å²) < 4.78 is 36.9. The van der Waals surface area contributed by atoms with Crippen LogP contribution in [0.1, 0.15) is 13.3 Å². The molecule has 0 spiro atoms. The summed E-state index contributed by atoms with van der Waals surface area (Å²) in [6, 6.07) is 7.28. The second-order valence-electron chi connectivity index (χ2n) is 5.42. The fourth-order valence-electron chi connectivity index (χ4n) is 2.64. The maximum atomic E-state index is 12.3. The number of alkyl halides is 3. The Hall–Kier alpha value is -0.940. The number of rotatable bonds is 3. The van der Waals surface area contributed by atoms with E-state index in [0.717, 1.165) is 18.7 Å². The molecule has 1 aliphatic rings. The fraction of sp³-hybridized carbons (Fsp3) is 0.571. The summed E-state index contributed by atoms with van der Waals surface area (Å²) in [5.74, 6) is 0.341. The Bertz CT molecular complexity index is 450. The number of piperidine rings is 1. The highest BCUT2D eigenvalue weighted by Crippen LogP contribution is 2.26. The van der Waals surface area contributed by atoms with Crippen LogP contribution >= 0.6 is 11.6 Å². The third kappa shape index (κ3) is 4.56. The Morgan fingerprint density at radius 2 is 2.10 bits per heavy atom. The van der Waals surface area contributed by atoms with Crippen molar-refractivity contribution in [2.45, 2.75) is 25.6 Å². The standard InChI is InChI=1S/C14H18ClF3N2/c1-10-5-12(19-9-14(16,17)18)8-20(7-10)13-4-2-3-11(15)6-13/h2-4,6,10,12,19H,5,7-9H2,1H3. The Morgan fingerprint density at radius 1 is 1.35 bits per heavy atom. The van der Waals surface area contributed by atoms with E-state index in [9.17, 15) is 13.2 Å². The van der Waals surface area contributed by atoms with Crippen molar-refractivity contribution in [2.24, 2.45) is 5.92 Å². The molecule has 1 heterocycles. The van der Waals surface area contributed by atoms with Gasteiger partial charge in [-0.15, -0.1) is 0 Å². The first kappa shape index (κ1) is 15.4. The summed E-state index contributed by atoms with van der Waals surface area (Å²) in [6.07, 6.45) is -3.41. The summed E-state index contributed by atoms with van der Waals surface area (Å²) >= 11 is 5.97. The highest BCUT2D eigenvalue weighted by atomic mass is 35.5. The first-order chi connectivity index (χ1) is 9.33. The molecule has 0 aromatic heterocycles. The van der Waals surface area contributed by atoms with Gasteiger partial charge in [0.05, 0.1) is 6.54 Å². The zero-order valence-electron chi connectivity index (χ0n) is 11.3. The van der Waals surface area contributed by atoms with E-state index in [-0.39, 0.29) is 6.04 Å². The van der Waals surface area contributed by atoms with E-state index in [0.29, 0.717) is 17.5 Å². The van der Waals surface area contributed by atoms with Crippen LogP contribution in [-0.2, 0) is 0 Å². The third-order valence-corrected chi connectivity index (χ3v) is 3.66. The van der Waals surface area contributed by atoms with Gasteiger partial charge in [-0.2, -0.15) is 13.2 Å². The van der Waals surface area contributed by atoms with Crippen molar-refractivity contribution in [3.8, 4) is 0 Å². The first-order valence-corrected chi connectivity index (χ1v) is 7.02. The lowest BCUT2D eigenvalue weighted by Gasteiger charge is -2.38. The lowest BCUT2D eigenvalue weighted by Crippen LogP contribution is -2.50. The lowest BCUT2D eigenvalue weighted by atomic mass is 9.95. The number of nitrogens with one attached hydrogen (secondary N) is 1. The van der Waals surface area contributed by atoms with Gasteiger partial charge in [-0.05, 0) is 30.5 Å². The maximum Gasteiger partial charge on any atom is 0.401 e. The molecule has 0 saturated carbocycles. The largest absolute Gasteiger partial charge is 0.401 e. The normalized spacial score (nSPS) is 23.9. The monoisotopic (exact) mass is 306 g/mol. The Balaban J connectivity index is 2.01. The second kappa shape index (κ2) is 6.22. The minimum atomic E-state index is -4.17. The van der Waals surface area contributed by atoms with Crippen LogP contribution in [0, 0.1) is 5.92 Å². The summed E-state index contributed by atoms with van der Waals surface area (Å²) in [7, 11) is 0. The van der Waals surface area contributed by atoms with Crippen LogP contribution < -0.4 is 10.2 Å². The third-order valence-electron chi connectivity index (χ3n) is 3.42. The van der Waals surface area contributed by atoms with Crippen molar-refractivity contribution in [3.05, 3.63) is 29.3 Å². The number of nitrogens with zero attached hydrogens (tertiary/aromatic N) is 1. The van der Waals surface area contributed by atoms with E-state index in [4.69, 9.17) is 11.6 Å². The molecule has 2 rings (SSSR count). The van der Waals surface area contributed by atoms with Gasteiger partial charge in [0, 0.05) is 29.8 Å². The minimum Gasteiger partial charge on any atom is -0.370 e. The molecule has 1 N–H and O–H groups in total. The quantitative estimate of drug-likeness (QED) is 0.916. The van der Waals surface area contributed by atoms with Crippen molar-refractivity contribution in [1.29, 1.82) is 0 Å². The van der Waals surface area contributed by atoms with E-state index >= 15 is 0 Å². The Morgan fingerprint density at radius 3 is 2.75 bits per heavy atom. The van der Waals surface area contributed by atoms with Gasteiger partial charge < -0.3 is 10.2 Å². The number of hydrogen-bond acceptors (Lipinski definition) is 2. The summed E-state index contributed by atoms with van der Waals surface area (Å²) in [6.45, 7) is 2.53. The number of benzene rings is 1. The van der Waals surface area contributed by atoms with Crippen LogP contribution in [-0.4, -0.2) is 31.9 Å². The van der Waals surface area contributed by atoms with Crippen LogP contribution in [0.4, 0.5) is 18.9 Å². The average molecular weight is 307 g/mol. The molecule has 1 aliphatic heterocycles. The van der Waals surface area contributed by atoms with Crippen LogP contribution in [0.3, 0.4) is 0 Å². The van der Waals surface area contributed by atoms with Crippen molar-refractivity contribution in [1.82, 2.24) is 5.32 Å². The van der Waals surface area contributed by atoms with E-state index in [1.54, 1.807) is 6.07 Å². The Labute approximate surface area is 121 Å². The van der Waals surface area contributed by atoms with Crippen LogP contribution in [0.2, 0.25) is 5.02 Å². The molecular weight excluding hydrogens is 289 g/mol. The molecule has 2 atom stereocenters. The zero-order chi connectivity index (χ0) is 14.8. The number of hydrogen-bond donors (Lipinski definition) is 1. The molecule has 112 valence electrons. The van der Waals surface area contributed by atoms with Crippen molar-refractivity contribution in [3.63, 3.8) is 0 Å². The van der Waals surface area contributed by atoms with Crippen LogP contribution in [0.25, 0.3) is 0 Å². The van der Waals surface area contributed by atoms with Crippen LogP contribution in [0.15, 0.2) is 24.3 Å². The highest BCUT2D eigenvalue weighted by molar-refractivity contribution is 6.30. The molecule has 2 unspecified atom stereocenters. The number of halogens is 4. The van der Waals surface area contributed by atoms with E-state index in [1.807, 2.05) is 18.2 Å². The predicted molar refractivity (Wildman–Crippen MR) is 75.3 cm³/mol. The molecule has 6 heteroatoms. The van der Waals surface area contributed by atoms with Gasteiger partial charge >= 0.3 is 6.18 Å². The zero-order valence-corrected chi connectivity index (χ0v) is 12.0. The van der Waals surface area contributed by atoms with Gasteiger partial charge in [0.2, 0.25) is 0 Å². The van der Waals surface area contributed by atoms with Gasteiger partial charge in [0.25, 0.3) is 0 Å². The SMILES string of the molecule is CC1CC(NCC(F)(F)F)CN(c2cccc(Cl)c2)C1. The summed E-state index contributed by atoms with van der Waals surface area (Å²) in [4.78, 5) is 2.09. The maximum absolute atomic E-state index is 12.3. The molecule has 0 radical (unpaired) electrons.